The molecule has 4 aromatic rings. The van der Waals surface area contributed by atoms with Crippen LogP contribution in [0.5, 0.6) is 0 Å². The molecule has 0 spiro atoms. The van der Waals surface area contributed by atoms with E-state index in [9.17, 15) is 18.4 Å². The van der Waals surface area contributed by atoms with Crippen molar-refractivity contribution in [3.05, 3.63) is 88.2 Å². The molecule has 32 heavy (non-hydrogen) atoms. The molecule has 0 aliphatic rings. The van der Waals surface area contributed by atoms with Crippen LogP contribution in [0.25, 0.3) is 11.0 Å². The molecule has 2 heterocycles. The highest BCUT2D eigenvalue weighted by Gasteiger charge is 2.23. The van der Waals surface area contributed by atoms with Gasteiger partial charge in [-0.2, -0.15) is 0 Å². The Hall–Kier alpha value is -3.85. The Kier molecular flexibility index (Phi) is 5.83. The molecule has 2 aromatic carbocycles. The van der Waals surface area contributed by atoms with Crippen LogP contribution in [0.2, 0.25) is 0 Å². The fourth-order valence-corrected chi connectivity index (χ4v) is 4.01. The molecule has 0 aliphatic carbocycles. The zero-order chi connectivity index (χ0) is 22.8. The normalized spacial score (nSPS) is 10.8. The highest BCUT2D eigenvalue weighted by Crippen LogP contribution is 2.24. The van der Waals surface area contributed by atoms with Gasteiger partial charge in [-0.3, -0.25) is 14.0 Å². The minimum atomic E-state index is -0.842. The lowest BCUT2D eigenvalue weighted by molar-refractivity contribution is -0.118. The second-order valence-corrected chi connectivity index (χ2v) is 8.22. The number of anilines is 2. The lowest BCUT2D eigenvalue weighted by Crippen LogP contribution is -2.26. The van der Waals surface area contributed by atoms with Gasteiger partial charge in [-0.25, -0.2) is 13.8 Å². The van der Waals surface area contributed by atoms with E-state index >= 15 is 0 Å². The maximum absolute atomic E-state index is 14.1. The molecule has 4 rings (SSSR count). The van der Waals surface area contributed by atoms with Crippen molar-refractivity contribution < 1.29 is 18.4 Å². The molecular weight excluding hydrogens is 434 g/mol. The maximum Gasteiger partial charge on any atom is 0.261 e. The van der Waals surface area contributed by atoms with Gasteiger partial charge in [0.25, 0.3) is 11.8 Å². The number of carbonyl (C=O) groups excluding carboxylic acids is 2. The fraction of sp³-hybridized carbons (Fsp3) is 0.0870. The first-order valence-corrected chi connectivity index (χ1v) is 10.4. The summed E-state index contributed by atoms with van der Waals surface area (Å²) >= 11 is 1.46. The number of nitrogens with one attached hydrogen (secondary N) is 2. The molecule has 0 bridgehead atoms. The first-order valence-electron chi connectivity index (χ1n) is 9.62. The summed E-state index contributed by atoms with van der Waals surface area (Å²) < 4.78 is 29.9. The van der Waals surface area contributed by atoms with Gasteiger partial charge in [-0.05, 0) is 44.2 Å². The second kappa shape index (κ2) is 8.72. The number of fused-ring (bicyclic) bond motifs is 1. The SMILES string of the molecule is Cc1cn2c(C=C(C(=O)Nc3ccccc3F)C(=O)Nc3ccccc3F)c(C)nc2s1. The van der Waals surface area contributed by atoms with E-state index in [1.165, 1.54) is 53.8 Å². The average Bonchev–Trinajstić information content (AvgIpc) is 3.24. The van der Waals surface area contributed by atoms with Crippen molar-refractivity contribution >= 4 is 45.6 Å². The monoisotopic (exact) mass is 452 g/mol. The second-order valence-electron chi connectivity index (χ2n) is 7.00. The van der Waals surface area contributed by atoms with Gasteiger partial charge in [-0.1, -0.05) is 24.3 Å². The van der Waals surface area contributed by atoms with Crippen LogP contribution in [0.3, 0.4) is 0 Å². The molecule has 0 atom stereocenters. The number of carbonyl (C=O) groups is 2. The number of hydrogen-bond acceptors (Lipinski definition) is 4. The summed E-state index contributed by atoms with van der Waals surface area (Å²) in [4.78, 5) is 32.2. The molecule has 2 aromatic heterocycles. The van der Waals surface area contributed by atoms with E-state index < -0.39 is 23.4 Å². The number of nitrogens with zero attached hydrogens (tertiary/aromatic N) is 2. The molecule has 9 heteroatoms. The van der Waals surface area contributed by atoms with E-state index in [2.05, 4.69) is 15.6 Å². The van der Waals surface area contributed by atoms with Crippen molar-refractivity contribution in [2.24, 2.45) is 0 Å². The predicted molar refractivity (Wildman–Crippen MR) is 121 cm³/mol. The van der Waals surface area contributed by atoms with Gasteiger partial charge in [0.2, 0.25) is 0 Å². The Morgan fingerprint density at radius 2 is 1.47 bits per heavy atom. The van der Waals surface area contributed by atoms with Crippen LogP contribution in [-0.4, -0.2) is 21.2 Å². The molecular formula is C23H18F2N4O2S. The molecule has 0 saturated carbocycles. The Bertz CT molecular complexity index is 1310. The highest BCUT2D eigenvalue weighted by atomic mass is 32.1. The van der Waals surface area contributed by atoms with E-state index in [4.69, 9.17) is 0 Å². The van der Waals surface area contributed by atoms with Crippen molar-refractivity contribution in [3.8, 4) is 0 Å². The molecule has 0 fully saturated rings. The van der Waals surface area contributed by atoms with E-state index in [1.807, 2.05) is 13.1 Å². The van der Waals surface area contributed by atoms with Gasteiger partial charge >= 0.3 is 0 Å². The fourth-order valence-electron chi connectivity index (χ4n) is 3.13. The molecule has 0 aliphatic heterocycles. The number of imidazole rings is 1. The zero-order valence-corrected chi connectivity index (χ0v) is 18.0. The van der Waals surface area contributed by atoms with Gasteiger partial charge in [0.1, 0.15) is 17.2 Å². The standard InChI is InChI=1S/C23H18F2N4O2S/c1-13-12-29-20(14(2)26-23(29)32-13)11-15(21(30)27-18-9-5-3-7-16(18)24)22(31)28-19-10-6-4-8-17(19)25/h3-12H,1-2H3,(H,27,30)(H,28,31). The molecule has 162 valence electrons. The lowest BCUT2D eigenvalue weighted by atomic mass is 10.1. The Morgan fingerprint density at radius 1 is 0.938 bits per heavy atom. The molecule has 2 amide bonds. The minimum absolute atomic E-state index is 0.0800. The van der Waals surface area contributed by atoms with Gasteiger partial charge in [0, 0.05) is 11.1 Å². The highest BCUT2D eigenvalue weighted by molar-refractivity contribution is 7.17. The minimum Gasteiger partial charge on any atom is -0.319 e. The number of amides is 2. The number of thiazole rings is 1. The summed E-state index contributed by atoms with van der Waals surface area (Å²) in [6.07, 6.45) is 3.21. The maximum atomic E-state index is 14.1. The van der Waals surface area contributed by atoms with Crippen LogP contribution in [0.15, 0.2) is 60.3 Å². The van der Waals surface area contributed by atoms with Gasteiger partial charge in [0.15, 0.2) is 4.96 Å². The Balaban J connectivity index is 1.76. The molecule has 0 radical (unpaired) electrons. The van der Waals surface area contributed by atoms with Gasteiger partial charge < -0.3 is 10.6 Å². The van der Waals surface area contributed by atoms with E-state index in [-0.39, 0.29) is 16.9 Å². The Labute approximate surface area is 186 Å². The van der Waals surface area contributed by atoms with Crippen molar-refractivity contribution in [2.45, 2.75) is 13.8 Å². The first-order chi connectivity index (χ1) is 15.3. The van der Waals surface area contributed by atoms with Crippen LogP contribution in [-0.2, 0) is 9.59 Å². The summed E-state index contributed by atoms with van der Waals surface area (Å²) in [5, 5.41) is 4.83. The summed E-state index contributed by atoms with van der Waals surface area (Å²) in [6.45, 7) is 3.67. The predicted octanol–water partition coefficient (Wildman–Crippen LogP) is 4.95. The van der Waals surface area contributed by atoms with Crippen molar-refractivity contribution in [1.82, 2.24) is 9.38 Å². The van der Waals surface area contributed by atoms with Crippen LogP contribution in [0, 0.1) is 25.5 Å². The number of hydrogen-bond donors (Lipinski definition) is 2. The summed E-state index contributed by atoms with van der Waals surface area (Å²) in [7, 11) is 0. The van der Waals surface area contributed by atoms with Crippen LogP contribution >= 0.6 is 11.3 Å². The summed E-state index contributed by atoms with van der Waals surface area (Å²) in [6, 6.07) is 11.2. The van der Waals surface area contributed by atoms with Crippen molar-refractivity contribution in [2.75, 3.05) is 10.6 Å². The van der Waals surface area contributed by atoms with Crippen LogP contribution in [0.4, 0.5) is 20.2 Å². The third kappa shape index (κ3) is 4.28. The zero-order valence-electron chi connectivity index (χ0n) is 17.1. The molecule has 0 saturated heterocycles. The summed E-state index contributed by atoms with van der Waals surface area (Å²) in [5.41, 5.74) is 0.635. The number of para-hydroxylation sites is 2. The van der Waals surface area contributed by atoms with Crippen molar-refractivity contribution in [1.29, 1.82) is 0 Å². The van der Waals surface area contributed by atoms with Gasteiger partial charge in [-0.15, -0.1) is 11.3 Å². The number of aryl methyl sites for hydroxylation is 2. The molecule has 2 N–H and O–H groups in total. The third-order valence-corrected chi connectivity index (χ3v) is 5.58. The first kappa shape index (κ1) is 21.4. The number of aromatic nitrogens is 2. The lowest BCUT2D eigenvalue weighted by Gasteiger charge is -2.11. The van der Waals surface area contributed by atoms with Crippen LogP contribution in [0.1, 0.15) is 16.3 Å². The number of halogens is 2. The average molecular weight is 452 g/mol. The topological polar surface area (TPSA) is 75.5 Å². The summed E-state index contributed by atoms with van der Waals surface area (Å²) in [5.74, 6) is -2.98. The number of rotatable bonds is 5. The van der Waals surface area contributed by atoms with E-state index in [0.29, 0.717) is 16.3 Å². The van der Waals surface area contributed by atoms with E-state index in [1.54, 1.807) is 23.5 Å². The smallest absolute Gasteiger partial charge is 0.261 e. The largest absolute Gasteiger partial charge is 0.319 e. The quantitative estimate of drug-likeness (QED) is 0.256. The van der Waals surface area contributed by atoms with Crippen molar-refractivity contribution in [3.63, 3.8) is 0 Å². The molecule has 0 unspecified atom stereocenters. The van der Waals surface area contributed by atoms with Gasteiger partial charge in [0.05, 0.1) is 22.8 Å². The van der Waals surface area contributed by atoms with E-state index in [0.717, 1.165) is 4.88 Å². The third-order valence-electron chi connectivity index (χ3n) is 4.68. The molecule has 6 nitrogen and oxygen atoms in total. The Morgan fingerprint density at radius 3 is 2.00 bits per heavy atom. The number of benzene rings is 2. The van der Waals surface area contributed by atoms with Crippen LogP contribution < -0.4 is 10.6 Å².